The topological polar surface area (TPSA) is 55.6 Å². The molecule has 0 aliphatic carbocycles. The maximum atomic E-state index is 12.8. The van der Waals surface area contributed by atoms with Gasteiger partial charge < -0.3 is 15.4 Å². The van der Waals surface area contributed by atoms with E-state index in [1.165, 1.54) is 0 Å². The number of carbonyl (C=O) groups excluding carboxylic acids is 1. The highest BCUT2D eigenvalue weighted by molar-refractivity contribution is 5.84. The molecule has 1 amide bonds. The van der Waals surface area contributed by atoms with Gasteiger partial charge in [-0.3, -0.25) is 4.79 Å². The second kappa shape index (κ2) is 6.86. The van der Waals surface area contributed by atoms with Crippen LogP contribution in [0.15, 0.2) is 30.3 Å². The van der Waals surface area contributed by atoms with Crippen LogP contribution >= 0.6 is 0 Å². The van der Waals surface area contributed by atoms with Crippen molar-refractivity contribution in [3.05, 3.63) is 35.9 Å². The van der Waals surface area contributed by atoms with Crippen molar-refractivity contribution in [3.8, 4) is 0 Å². The lowest BCUT2D eigenvalue weighted by molar-refractivity contribution is -0.145. The van der Waals surface area contributed by atoms with E-state index in [0.717, 1.165) is 12.0 Å². The van der Waals surface area contributed by atoms with E-state index < -0.39 is 0 Å². The average molecular weight is 276 g/mol. The Morgan fingerprint density at radius 2 is 2.15 bits per heavy atom. The molecule has 4 heteroatoms. The molecule has 2 rings (SSSR count). The molecule has 1 aromatic carbocycles. The third kappa shape index (κ3) is 3.19. The molecule has 0 spiro atoms. The monoisotopic (exact) mass is 276 g/mol. The Morgan fingerprint density at radius 1 is 1.45 bits per heavy atom. The van der Waals surface area contributed by atoms with Gasteiger partial charge in [-0.1, -0.05) is 37.3 Å². The highest BCUT2D eigenvalue weighted by atomic mass is 16.5. The summed E-state index contributed by atoms with van der Waals surface area (Å²) in [5.74, 6) is -0.128. The van der Waals surface area contributed by atoms with Gasteiger partial charge in [0.05, 0.1) is 24.7 Å². The van der Waals surface area contributed by atoms with Gasteiger partial charge >= 0.3 is 0 Å². The Hall–Kier alpha value is -1.39. The molecule has 0 saturated carbocycles. The van der Waals surface area contributed by atoms with Crippen molar-refractivity contribution in [1.82, 2.24) is 4.90 Å². The summed E-state index contributed by atoms with van der Waals surface area (Å²) in [5.41, 5.74) is 6.85. The maximum Gasteiger partial charge on any atom is 0.231 e. The largest absolute Gasteiger partial charge is 0.375 e. The van der Waals surface area contributed by atoms with Crippen molar-refractivity contribution < 1.29 is 9.53 Å². The van der Waals surface area contributed by atoms with Crippen LogP contribution < -0.4 is 5.73 Å². The van der Waals surface area contributed by atoms with Crippen LogP contribution in [0.5, 0.6) is 0 Å². The first-order valence-corrected chi connectivity index (χ1v) is 7.34. The minimum Gasteiger partial charge on any atom is -0.375 e. The van der Waals surface area contributed by atoms with Crippen LogP contribution in [-0.4, -0.2) is 42.6 Å². The van der Waals surface area contributed by atoms with Crippen LogP contribution in [0.25, 0.3) is 0 Å². The molecule has 1 saturated heterocycles. The van der Waals surface area contributed by atoms with Gasteiger partial charge in [0.2, 0.25) is 5.91 Å². The first-order chi connectivity index (χ1) is 9.67. The van der Waals surface area contributed by atoms with Gasteiger partial charge in [-0.25, -0.2) is 0 Å². The standard InChI is InChI=1S/C16H24N2O2/c1-3-14-11-20-12(2)10-18(14)16(19)15(9-17)13-7-5-4-6-8-13/h4-8,12,14-15H,3,9-11,17H2,1-2H3. The zero-order chi connectivity index (χ0) is 14.5. The highest BCUT2D eigenvalue weighted by Gasteiger charge is 2.33. The number of morpholine rings is 1. The van der Waals surface area contributed by atoms with E-state index in [0.29, 0.717) is 19.7 Å². The van der Waals surface area contributed by atoms with Gasteiger partial charge in [-0.15, -0.1) is 0 Å². The van der Waals surface area contributed by atoms with Crippen molar-refractivity contribution in [1.29, 1.82) is 0 Å². The van der Waals surface area contributed by atoms with E-state index in [1.807, 2.05) is 42.2 Å². The number of carbonyl (C=O) groups is 1. The molecule has 0 aromatic heterocycles. The van der Waals surface area contributed by atoms with Crippen LogP contribution in [0.2, 0.25) is 0 Å². The number of nitrogens with two attached hydrogens (primary N) is 1. The Labute approximate surface area is 120 Å². The van der Waals surface area contributed by atoms with E-state index in [9.17, 15) is 4.79 Å². The molecule has 1 aliphatic heterocycles. The zero-order valence-corrected chi connectivity index (χ0v) is 12.3. The summed E-state index contributed by atoms with van der Waals surface area (Å²) in [5, 5.41) is 0. The molecule has 1 heterocycles. The van der Waals surface area contributed by atoms with Gasteiger partial charge in [0.1, 0.15) is 0 Å². The molecule has 3 atom stereocenters. The maximum absolute atomic E-state index is 12.8. The summed E-state index contributed by atoms with van der Waals surface area (Å²) in [4.78, 5) is 14.8. The van der Waals surface area contributed by atoms with Gasteiger partial charge in [-0.05, 0) is 18.9 Å². The summed E-state index contributed by atoms with van der Waals surface area (Å²) in [6.45, 7) is 5.71. The van der Waals surface area contributed by atoms with Crippen molar-refractivity contribution in [2.24, 2.45) is 5.73 Å². The Morgan fingerprint density at radius 3 is 2.75 bits per heavy atom. The predicted molar refractivity (Wildman–Crippen MR) is 79.4 cm³/mol. The molecule has 0 bridgehead atoms. The van der Waals surface area contributed by atoms with Crippen LogP contribution in [0.1, 0.15) is 31.7 Å². The Kier molecular flexibility index (Phi) is 5.15. The first-order valence-electron chi connectivity index (χ1n) is 7.34. The van der Waals surface area contributed by atoms with Gasteiger partial charge in [0.25, 0.3) is 0 Å². The van der Waals surface area contributed by atoms with Crippen molar-refractivity contribution in [2.75, 3.05) is 19.7 Å². The fourth-order valence-electron chi connectivity index (χ4n) is 2.72. The van der Waals surface area contributed by atoms with Crippen molar-refractivity contribution >= 4 is 5.91 Å². The van der Waals surface area contributed by atoms with Crippen LogP contribution in [-0.2, 0) is 9.53 Å². The predicted octanol–water partition coefficient (Wildman–Crippen LogP) is 1.75. The first kappa shape index (κ1) is 15.0. The summed E-state index contributed by atoms with van der Waals surface area (Å²) in [6, 6.07) is 9.96. The Bertz CT molecular complexity index is 435. The average Bonchev–Trinajstić information content (AvgIpc) is 2.49. The van der Waals surface area contributed by atoms with E-state index in [-0.39, 0.29) is 24.0 Å². The fraction of sp³-hybridized carbons (Fsp3) is 0.562. The molecule has 4 nitrogen and oxygen atoms in total. The van der Waals surface area contributed by atoms with E-state index in [1.54, 1.807) is 0 Å². The second-order valence-electron chi connectivity index (χ2n) is 5.40. The van der Waals surface area contributed by atoms with Gasteiger partial charge in [-0.2, -0.15) is 0 Å². The molecular formula is C16H24N2O2. The summed E-state index contributed by atoms with van der Waals surface area (Å²) >= 11 is 0. The third-order valence-corrected chi connectivity index (χ3v) is 3.96. The molecule has 1 fully saturated rings. The highest BCUT2D eigenvalue weighted by Crippen LogP contribution is 2.22. The minimum absolute atomic E-state index is 0.0935. The number of hydrogen-bond acceptors (Lipinski definition) is 3. The molecule has 2 N–H and O–H groups in total. The normalized spacial score (nSPS) is 24.4. The molecule has 1 aromatic rings. The number of rotatable bonds is 4. The zero-order valence-electron chi connectivity index (χ0n) is 12.3. The van der Waals surface area contributed by atoms with Crippen LogP contribution in [0.3, 0.4) is 0 Å². The number of amides is 1. The lowest BCUT2D eigenvalue weighted by Gasteiger charge is -2.40. The summed E-state index contributed by atoms with van der Waals surface area (Å²) in [7, 11) is 0. The van der Waals surface area contributed by atoms with Gasteiger partial charge in [0.15, 0.2) is 0 Å². The van der Waals surface area contributed by atoms with E-state index in [4.69, 9.17) is 10.5 Å². The molecule has 20 heavy (non-hydrogen) atoms. The van der Waals surface area contributed by atoms with Crippen LogP contribution in [0, 0.1) is 0 Å². The smallest absolute Gasteiger partial charge is 0.231 e. The van der Waals surface area contributed by atoms with E-state index >= 15 is 0 Å². The molecule has 3 unspecified atom stereocenters. The van der Waals surface area contributed by atoms with Crippen LogP contribution in [0.4, 0.5) is 0 Å². The quantitative estimate of drug-likeness (QED) is 0.911. The molecular weight excluding hydrogens is 252 g/mol. The molecule has 1 aliphatic rings. The van der Waals surface area contributed by atoms with Crippen molar-refractivity contribution in [2.45, 2.75) is 38.3 Å². The van der Waals surface area contributed by atoms with Crippen molar-refractivity contribution in [3.63, 3.8) is 0 Å². The number of hydrogen-bond donors (Lipinski definition) is 1. The second-order valence-corrected chi connectivity index (χ2v) is 5.40. The number of benzene rings is 1. The third-order valence-electron chi connectivity index (χ3n) is 3.96. The summed E-state index contributed by atoms with van der Waals surface area (Å²) in [6.07, 6.45) is 1.00. The number of nitrogens with zero attached hydrogens (tertiary/aromatic N) is 1. The summed E-state index contributed by atoms with van der Waals surface area (Å²) < 4.78 is 5.66. The molecule has 110 valence electrons. The minimum atomic E-state index is -0.254. The fourth-order valence-corrected chi connectivity index (χ4v) is 2.72. The lowest BCUT2D eigenvalue weighted by Crippen LogP contribution is -2.53. The molecule has 0 radical (unpaired) electrons. The lowest BCUT2D eigenvalue weighted by atomic mass is 9.96. The SMILES string of the molecule is CCC1COC(C)CN1C(=O)C(CN)c1ccccc1. The van der Waals surface area contributed by atoms with Gasteiger partial charge in [0, 0.05) is 13.1 Å². The Balaban J connectivity index is 2.18. The number of ether oxygens (including phenoxy) is 1. The van der Waals surface area contributed by atoms with E-state index in [2.05, 4.69) is 6.92 Å².